The number of morpholine rings is 1. The minimum absolute atomic E-state index is 0.0208. The topological polar surface area (TPSA) is 67.9 Å². The molecule has 1 aliphatic heterocycles. The molecule has 19 heavy (non-hydrogen) atoms. The lowest BCUT2D eigenvalue weighted by Gasteiger charge is -2.31. The lowest BCUT2D eigenvalue weighted by molar-refractivity contribution is -0.145. The predicted octanol–water partition coefficient (Wildman–Crippen LogP) is 0.0225. The van der Waals surface area contributed by atoms with E-state index < -0.39 is 0 Å². The number of esters is 1. The zero-order chi connectivity index (χ0) is 14.3. The summed E-state index contributed by atoms with van der Waals surface area (Å²) in [6.07, 6.45) is 0.0553. The number of carbonyl (C=O) groups is 2. The molecule has 1 unspecified atom stereocenters. The second-order valence-corrected chi connectivity index (χ2v) is 5.21. The van der Waals surface area contributed by atoms with Crippen molar-refractivity contribution < 1.29 is 19.1 Å². The van der Waals surface area contributed by atoms with Crippen LogP contribution in [0.1, 0.15) is 20.3 Å². The van der Waals surface area contributed by atoms with Gasteiger partial charge in [-0.05, 0) is 5.92 Å². The monoisotopic (exact) mass is 272 g/mol. The van der Waals surface area contributed by atoms with Crippen molar-refractivity contribution in [2.45, 2.75) is 26.4 Å². The fraction of sp³-hybridized carbons (Fsp3) is 0.846. The highest BCUT2D eigenvalue weighted by Crippen LogP contribution is 2.09. The van der Waals surface area contributed by atoms with E-state index in [1.54, 1.807) is 0 Å². The number of nitrogens with zero attached hydrogens (tertiary/aromatic N) is 1. The summed E-state index contributed by atoms with van der Waals surface area (Å²) >= 11 is 0. The second-order valence-electron chi connectivity index (χ2n) is 5.21. The number of methoxy groups -OCH3 is 1. The third kappa shape index (κ3) is 6.54. The predicted molar refractivity (Wildman–Crippen MR) is 70.7 cm³/mol. The summed E-state index contributed by atoms with van der Waals surface area (Å²) in [6.45, 7) is 7.00. The first-order valence-electron chi connectivity index (χ1n) is 6.68. The summed E-state index contributed by atoms with van der Waals surface area (Å²) in [7, 11) is 1.36. The molecule has 0 radical (unpaired) electrons. The number of hydrogen-bond acceptors (Lipinski definition) is 5. The summed E-state index contributed by atoms with van der Waals surface area (Å²) < 4.78 is 10.1. The third-order valence-electron chi connectivity index (χ3n) is 2.92. The van der Waals surface area contributed by atoms with Crippen molar-refractivity contribution in [2.24, 2.45) is 5.92 Å². The highest BCUT2D eigenvalue weighted by atomic mass is 16.5. The van der Waals surface area contributed by atoms with Crippen molar-refractivity contribution in [3.8, 4) is 0 Å². The van der Waals surface area contributed by atoms with Gasteiger partial charge in [0, 0.05) is 19.6 Å². The molecule has 1 N–H and O–H groups in total. The first-order valence-corrected chi connectivity index (χ1v) is 6.68. The Morgan fingerprint density at radius 3 is 2.84 bits per heavy atom. The number of ether oxygens (including phenoxy) is 2. The van der Waals surface area contributed by atoms with E-state index in [0.29, 0.717) is 38.7 Å². The van der Waals surface area contributed by atoms with Gasteiger partial charge in [-0.2, -0.15) is 0 Å². The van der Waals surface area contributed by atoms with Crippen molar-refractivity contribution in [2.75, 3.05) is 39.9 Å². The molecule has 1 fully saturated rings. The minimum Gasteiger partial charge on any atom is -0.469 e. The van der Waals surface area contributed by atoms with Crippen LogP contribution in [-0.4, -0.2) is 62.8 Å². The SMILES string of the molecule is COC(=O)CC1CN(CC(=O)NCC(C)C)CCO1. The number of rotatable bonds is 6. The molecular weight excluding hydrogens is 248 g/mol. The van der Waals surface area contributed by atoms with Crippen LogP contribution in [0.3, 0.4) is 0 Å². The molecule has 6 heteroatoms. The van der Waals surface area contributed by atoms with E-state index in [9.17, 15) is 9.59 Å². The molecule has 1 amide bonds. The van der Waals surface area contributed by atoms with Gasteiger partial charge in [-0.25, -0.2) is 0 Å². The van der Waals surface area contributed by atoms with Gasteiger partial charge >= 0.3 is 5.97 Å². The Labute approximate surface area is 114 Å². The van der Waals surface area contributed by atoms with Gasteiger partial charge < -0.3 is 14.8 Å². The fourth-order valence-electron chi connectivity index (χ4n) is 1.89. The Morgan fingerprint density at radius 1 is 1.47 bits per heavy atom. The van der Waals surface area contributed by atoms with Crippen LogP contribution in [0, 0.1) is 5.92 Å². The molecule has 0 saturated carbocycles. The number of amides is 1. The number of carbonyl (C=O) groups excluding carboxylic acids is 2. The van der Waals surface area contributed by atoms with E-state index in [1.165, 1.54) is 7.11 Å². The van der Waals surface area contributed by atoms with Gasteiger partial charge in [0.2, 0.25) is 5.91 Å². The average Bonchev–Trinajstić information content (AvgIpc) is 2.36. The van der Waals surface area contributed by atoms with Gasteiger partial charge in [0.1, 0.15) is 0 Å². The van der Waals surface area contributed by atoms with E-state index in [4.69, 9.17) is 4.74 Å². The fourth-order valence-corrected chi connectivity index (χ4v) is 1.89. The molecule has 1 aliphatic rings. The van der Waals surface area contributed by atoms with Crippen molar-refractivity contribution in [1.82, 2.24) is 10.2 Å². The largest absolute Gasteiger partial charge is 0.469 e. The molecule has 0 aromatic heterocycles. The van der Waals surface area contributed by atoms with Gasteiger partial charge in [0.05, 0.1) is 32.8 Å². The Morgan fingerprint density at radius 2 is 2.21 bits per heavy atom. The van der Waals surface area contributed by atoms with Gasteiger partial charge in [-0.3, -0.25) is 14.5 Å². The Bertz CT molecular complexity index is 307. The Balaban J connectivity index is 2.30. The summed E-state index contributed by atoms with van der Waals surface area (Å²) in [5.41, 5.74) is 0. The maximum Gasteiger partial charge on any atom is 0.308 e. The highest BCUT2D eigenvalue weighted by molar-refractivity contribution is 5.78. The second kappa shape index (κ2) is 8.12. The molecule has 0 aromatic rings. The van der Waals surface area contributed by atoms with E-state index in [-0.39, 0.29) is 24.4 Å². The molecule has 0 aromatic carbocycles. The third-order valence-corrected chi connectivity index (χ3v) is 2.92. The lowest BCUT2D eigenvalue weighted by atomic mass is 10.2. The maximum atomic E-state index is 11.7. The molecule has 1 saturated heterocycles. The molecule has 0 spiro atoms. The van der Waals surface area contributed by atoms with Crippen molar-refractivity contribution in [3.05, 3.63) is 0 Å². The van der Waals surface area contributed by atoms with Crippen LogP contribution in [0.15, 0.2) is 0 Å². The van der Waals surface area contributed by atoms with Crippen molar-refractivity contribution in [1.29, 1.82) is 0 Å². The van der Waals surface area contributed by atoms with E-state index in [0.717, 1.165) is 0 Å². The van der Waals surface area contributed by atoms with Crippen LogP contribution in [0.5, 0.6) is 0 Å². The van der Waals surface area contributed by atoms with Gasteiger partial charge in [0.25, 0.3) is 0 Å². The standard InChI is InChI=1S/C13H24N2O4/c1-10(2)7-14-12(16)9-15-4-5-19-11(8-15)6-13(17)18-3/h10-11H,4-9H2,1-3H3,(H,14,16). The Kier molecular flexibility index (Phi) is 6.80. The molecule has 0 bridgehead atoms. The number of nitrogens with one attached hydrogen (secondary N) is 1. The summed E-state index contributed by atoms with van der Waals surface area (Å²) in [4.78, 5) is 24.9. The van der Waals surface area contributed by atoms with Crippen molar-refractivity contribution in [3.63, 3.8) is 0 Å². The molecule has 0 aliphatic carbocycles. The van der Waals surface area contributed by atoms with Crippen LogP contribution in [0.4, 0.5) is 0 Å². The van der Waals surface area contributed by atoms with Crippen LogP contribution < -0.4 is 5.32 Å². The average molecular weight is 272 g/mol. The van der Waals surface area contributed by atoms with Gasteiger partial charge in [-0.1, -0.05) is 13.8 Å². The van der Waals surface area contributed by atoms with Crippen LogP contribution in [0.2, 0.25) is 0 Å². The van der Waals surface area contributed by atoms with E-state index >= 15 is 0 Å². The van der Waals surface area contributed by atoms with Gasteiger partial charge in [-0.15, -0.1) is 0 Å². The smallest absolute Gasteiger partial charge is 0.308 e. The minimum atomic E-state index is -0.281. The Hall–Kier alpha value is -1.14. The molecular formula is C13H24N2O4. The van der Waals surface area contributed by atoms with Crippen LogP contribution >= 0.6 is 0 Å². The lowest BCUT2D eigenvalue weighted by Crippen LogP contribution is -2.47. The van der Waals surface area contributed by atoms with Crippen LogP contribution in [0.25, 0.3) is 0 Å². The molecule has 1 heterocycles. The first kappa shape index (κ1) is 15.9. The summed E-state index contributed by atoms with van der Waals surface area (Å²) in [5.74, 6) is 0.184. The van der Waals surface area contributed by atoms with E-state index in [1.807, 2.05) is 4.90 Å². The molecule has 1 atom stereocenters. The zero-order valence-electron chi connectivity index (χ0n) is 12.0. The zero-order valence-corrected chi connectivity index (χ0v) is 12.0. The normalized spacial score (nSPS) is 20.3. The summed E-state index contributed by atoms with van der Waals surface area (Å²) in [6, 6.07) is 0. The highest BCUT2D eigenvalue weighted by Gasteiger charge is 2.24. The van der Waals surface area contributed by atoms with E-state index in [2.05, 4.69) is 23.9 Å². The number of hydrogen-bond donors (Lipinski definition) is 1. The van der Waals surface area contributed by atoms with Crippen molar-refractivity contribution >= 4 is 11.9 Å². The van der Waals surface area contributed by atoms with Gasteiger partial charge in [0.15, 0.2) is 0 Å². The summed E-state index contributed by atoms with van der Waals surface area (Å²) in [5, 5.41) is 2.88. The first-order chi connectivity index (χ1) is 9.01. The molecule has 6 nitrogen and oxygen atoms in total. The quantitative estimate of drug-likeness (QED) is 0.691. The molecule has 1 rings (SSSR count). The molecule has 110 valence electrons. The maximum absolute atomic E-state index is 11.7. The van der Waals surface area contributed by atoms with Crippen LogP contribution in [-0.2, 0) is 19.1 Å².